The van der Waals surface area contributed by atoms with Crippen molar-refractivity contribution in [3.8, 4) is 0 Å². The summed E-state index contributed by atoms with van der Waals surface area (Å²) in [6.45, 7) is 3.48. The maximum Gasteiger partial charge on any atom is 0.338 e. The van der Waals surface area contributed by atoms with Gasteiger partial charge in [-0.25, -0.2) is 14.1 Å². The Morgan fingerprint density at radius 1 is 0.972 bits per heavy atom. The summed E-state index contributed by atoms with van der Waals surface area (Å²) in [6, 6.07) is 16.6. The van der Waals surface area contributed by atoms with E-state index in [9.17, 15) is 18.8 Å². The third-order valence-corrected chi connectivity index (χ3v) is 6.60. The van der Waals surface area contributed by atoms with Gasteiger partial charge in [-0.3, -0.25) is 9.59 Å². The molecule has 1 aliphatic rings. The van der Waals surface area contributed by atoms with Crippen molar-refractivity contribution < 1.29 is 23.5 Å². The summed E-state index contributed by atoms with van der Waals surface area (Å²) in [5.41, 5.74) is 0.898. The van der Waals surface area contributed by atoms with Crippen molar-refractivity contribution in [2.75, 3.05) is 10.2 Å². The third kappa shape index (κ3) is 5.56. The van der Waals surface area contributed by atoms with Crippen LogP contribution in [-0.4, -0.2) is 23.9 Å². The molecule has 0 bridgehead atoms. The summed E-state index contributed by atoms with van der Waals surface area (Å²) in [5.74, 6) is -2.30. The van der Waals surface area contributed by atoms with Crippen molar-refractivity contribution >= 4 is 64.1 Å². The van der Waals surface area contributed by atoms with Gasteiger partial charge in [-0.15, -0.1) is 0 Å². The zero-order valence-corrected chi connectivity index (χ0v) is 21.4. The molecule has 0 unspecified atom stereocenters. The van der Waals surface area contributed by atoms with Crippen LogP contribution in [0.1, 0.15) is 24.2 Å². The van der Waals surface area contributed by atoms with Crippen LogP contribution < -0.4 is 10.2 Å². The van der Waals surface area contributed by atoms with Gasteiger partial charge in [-0.1, -0.05) is 35.0 Å². The Labute approximate surface area is 221 Å². The van der Waals surface area contributed by atoms with Crippen molar-refractivity contribution in [3.05, 3.63) is 98.8 Å². The summed E-state index contributed by atoms with van der Waals surface area (Å²) in [7, 11) is 0. The van der Waals surface area contributed by atoms with E-state index >= 15 is 0 Å². The molecule has 10 heteroatoms. The molecule has 4 rings (SSSR count). The highest BCUT2D eigenvalue weighted by Crippen LogP contribution is 2.38. The van der Waals surface area contributed by atoms with Crippen LogP contribution in [0.3, 0.4) is 0 Å². The van der Waals surface area contributed by atoms with E-state index in [1.54, 1.807) is 38.1 Å². The molecule has 1 aliphatic heterocycles. The molecule has 184 valence electrons. The van der Waals surface area contributed by atoms with Gasteiger partial charge in [0.05, 0.1) is 22.4 Å². The second kappa shape index (κ2) is 10.7. The maximum atomic E-state index is 13.6. The van der Waals surface area contributed by atoms with Gasteiger partial charge in [0.2, 0.25) is 0 Å². The van der Waals surface area contributed by atoms with Crippen molar-refractivity contribution in [2.45, 2.75) is 24.8 Å². The first-order chi connectivity index (χ1) is 17.1. The average molecular weight is 545 g/mol. The lowest BCUT2D eigenvalue weighted by molar-refractivity contribution is -0.120. The van der Waals surface area contributed by atoms with Crippen molar-refractivity contribution in [1.29, 1.82) is 0 Å². The topological polar surface area (TPSA) is 75.7 Å². The monoisotopic (exact) mass is 544 g/mol. The van der Waals surface area contributed by atoms with Crippen LogP contribution in [0.5, 0.6) is 0 Å². The summed E-state index contributed by atoms with van der Waals surface area (Å²) >= 11 is 12.9. The van der Waals surface area contributed by atoms with Crippen LogP contribution in [0.2, 0.25) is 10.0 Å². The van der Waals surface area contributed by atoms with Gasteiger partial charge < -0.3 is 10.1 Å². The number of nitrogens with one attached hydrogen (secondary N) is 1. The molecule has 0 radical (unpaired) electrons. The number of benzene rings is 3. The molecule has 2 amide bonds. The van der Waals surface area contributed by atoms with E-state index in [0.29, 0.717) is 15.6 Å². The number of anilines is 2. The first-order valence-corrected chi connectivity index (χ1v) is 12.3. The number of carbonyl (C=O) groups excluding carboxylic acids is 3. The molecule has 0 fully saturated rings. The van der Waals surface area contributed by atoms with Crippen molar-refractivity contribution in [2.24, 2.45) is 0 Å². The van der Waals surface area contributed by atoms with Gasteiger partial charge in [0.1, 0.15) is 16.4 Å². The molecule has 0 spiro atoms. The number of hydrogen-bond donors (Lipinski definition) is 1. The Kier molecular flexibility index (Phi) is 7.68. The molecule has 1 heterocycles. The molecule has 0 aliphatic carbocycles. The number of amides is 2. The molecule has 3 aromatic carbocycles. The molecule has 0 saturated heterocycles. The minimum absolute atomic E-state index is 0.00548. The van der Waals surface area contributed by atoms with Gasteiger partial charge in [-0.05, 0) is 80.6 Å². The Bertz CT molecular complexity index is 1380. The Morgan fingerprint density at radius 3 is 2.25 bits per heavy atom. The minimum Gasteiger partial charge on any atom is -0.459 e. The lowest BCUT2D eigenvalue weighted by Crippen LogP contribution is -2.32. The van der Waals surface area contributed by atoms with E-state index in [2.05, 4.69) is 5.32 Å². The Hall–Kier alpha value is -3.33. The van der Waals surface area contributed by atoms with Crippen LogP contribution in [0.15, 0.2) is 82.2 Å². The standard InChI is InChI=1S/C26H19Cl2FN2O4S/c1-14(2)35-26(34)15-3-8-18(9-4-15)31-24(32)22(30-17-7-12-21(29)20(28)13-17)23(25(31)33)36-19-10-5-16(27)6-11-19/h3-14,30H,1-2H3. The van der Waals surface area contributed by atoms with Crippen LogP contribution in [-0.2, 0) is 14.3 Å². The normalized spacial score (nSPS) is 13.6. The fourth-order valence-electron chi connectivity index (χ4n) is 3.32. The zero-order chi connectivity index (χ0) is 26.0. The van der Waals surface area contributed by atoms with E-state index in [-0.39, 0.29) is 33.0 Å². The highest BCUT2D eigenvalue weighted by atomic mass is 35.5. The molecule has 6 nitrogen and oxygen atoms in total. The van der Waals surface area contributed by atoms with Crippen LogP contribution in [0.25, 0.3) is 0 Å². The molecule has 36 heavy (non-hydrogen) atoms. The van der Waals surface area contributed by atoms with Crippen molar-refractivity contribution in [3.63, 3.8) is 0 Å². The highest BCUT2D eigenvalue weighted by molar-refractivity contribution is 8.04. The molecule has 0 aromatic heterocycles. The lowest BCUT2D eigenvalue weighted by atomic mass is 10.2. The number of imide groups is 1. The molecule has 0 saturated carbocycles. The van der Waals surface area contributed by atoms with Crippen LogP contribution in [0.4, 0.5) is 15.8 Å². The quantitative estimate of drug-likeness (QED) is 0.264. The maximum absolute atomic E-state index is 13.6. The van der Waals surface area contributed by atoms with Crippen molar-refractivity contribution in [1.82, 2.24) is 0 Å². The number of carbonyl (C=O) groups is 3. The predicted octanol–water partition coefficient (Wildman–Crippen LogP) is 6.69. The predicted molar refractivity (Wildman–Crippen MR) is 139 cm³/mol. The van der Waals surface area contributed by atoms with E-state index < -0.39 is 23.6 Å². The number of esters is 1. The average Bonchev–Trinajstić information content (AvgIpc) is 3.06. The number of thioether (sulfide) groups is 1. The summed E-state index contributed by atoms with van der Waals surface area (Å²) in [4.78, 5) is 40.9. The van der Waals surface area contributed by atoms with Gasteiger partial charge in [0.25, 0.3) is 11.8 Å². The van der Waals surface area contributed by atoms with E-state index in [1.165, 1.54) is 36.4 Å². The second-order valence-electron chi connectivity index (χ2n) is 7.96. The first kappa shape index (κ1) is 25.8. The Balaban J connectivity index is 1.68. The number of rotatable bonds is 7. The second-order valence-corrected chi connectivity index (χ2v) is 9.89. The third-order valence-electron chi connectivity index (χ3n) is 4.97. The SMILES string of the molecule is CC(C)OC(=O)c1ccc(N2C(=O)C(Nc3ccc(F)c(Cl)c3)=C(Sc3ccc(Cl)cc3)C2=O)cc1. The fraction of sp³-hybridized carbons (Fsp3) is 0.115. The molecular formula is C26H19Cl2FN2O4S. The number of nitrogens with zero attached hydrogens (tertiary/aromatic N) is 1. The van der Waals surface area contributed by atoms with Crippen LogP contribution in [0, 0.1) is 5.82 Å². The van der Waals surface area contributed by atoms with Gasteiger partial charge >= 0.3 is 5.97 Å². The first-order valence-electron chi connectivity index (χ1n) is 10.7. The number of hydrogen-bond acceptors (Lipinski definition) is 6. The van der Waals surface area contributed by atoms with E-state index in [0.717, 1.165) is 22.7 Å². The van der Waals surface area contributed by atoms with E-state index in [1.807, 2.05) is 0 Å². The highest BCUT2D eigenvalue weighted by Gasteiger charge is 2.40. The van der Waals surface area contributed by atoms with Gasteiger partial charge in [0.15, 0.2) is 0 Å². The molecule has 3 aromatic rings. The van der Waals surface area contributed by atoms with Gasteiger partial charge in [0, 0.05) is 15.6 Å². The fourth-order valence-corrected chi connectivity index (χ4v) is 4.55. The minimum atomic E-state index is -0.616. The summed E-state index contributed by atoms with van der Waals surface area (Å²) in [6.07, 6.45) is -0.288. The number of ether oxygens (including phenoxy) is 1. The summed E-state index contributed by atoms with van der Waals surface area (Å²) < 4.78 is 18.8. The number of halogens is 3. The lowest BCUT2D eigenvalue weighted by Gasteiger charge is -2.16. The van der Waals surface area contributed by atoms with Gasteiger partial charge in [-0.2, -0.15) is 0 Å². The molecular weight excluding hydrogens is 526 g/mol. The molecule has 0 atom stereocenters. The van der Waals surface area contributed by atoms with E-state index in [4.69, 9.17) is 27.9 Å². The Morgan fingerprint density at radius 2 is 1.64 bits per heavy atom. The molecule has 1 N–H and O–H groups in total. The van der Waals surface area contributed by atoms with Crippen LogP contribution >= 0.6 is 35.0 Å². The smallest absolute Gasteiger partial charge is 0.338 e. The zero-order valence-electron chi connectivity index (χ0n) is 19.1. The largest absolute Gasteiger partial charge is 0.459 e. The summed E-state index contributed by atoms with van der Waals surface area (Å²) in [5, 5.41) is 3.31.